The zero-order valence-corrected chi connectivity index (χ0v) is 15.5. The molecule has 0 aliphatic carbocycles. The molecule has 1 aliphatic rings. The van der Waals surface area contributed by atoms with Crippen molar-refractivity contribution < 1.29 is 19.4 Å². The maximum atomic E-state index is 12.8. The Balaban J connectivity index is 1.77. The average Bonchev–Trinajstić information content (AvgIpc) is 2.91. The summed E-state index contributed by atoms with van der Waals surface area (Å²) in [6.45, 7) is 3.51. The first-order valence-corrected chi connectivity index (χ1v) is 8.78. The number of halogens is 1. The maximum absolute atomic E-state index is 12.8. The topological polar surface area (TPSA) is 66.8 Å². The van der Waals surface area contributed by atoms with Crippen molar-refractivity contribution in [3.8, 4) is 5.75 Å². The maximum Gasteiger partial charge on any atom is 0.342 e. The lowest BCUT2D eigenvalue weighted by Gasteiger charge is -2.26. The highest BCUT2D eigenvalue weighted by Gasteiger charge is 2.34. The van der Waals surface area contributed by atoms with Crippen molar-refractivity contribution in [1.82, 2.24) is 0 Å². The van der Waals surface area contributed by atoms with Gasteiger partial charge < -0.3 is 14.7 Å². The minimum absolute atomic E-state index is 0.00493. The number of aromatic hydroxyl groups is 1. The third-order valence-electron chi connectivity index (χ3n) is 4.25. The molecule has 0 saturated heterocycles. The van der Waals surface area contributed by atoms with Crippen molar-refractivity contribution in [2.75, 3.05) is 4.90 Å². The smallest absolute Gasteiger partial charge is 0.342 e. The summed E-state index contributed by atoms with van der Waals surface area (Å²) in [6, 6.07) is 12.2. The molecule has 5 nitrogen and oxygen atoms in total. The van der Waals surface area contributed by atoms with Crippen LogP contribution in [0.15, 0.2) is 46.9 Å². The second-order valence-electron chi connectivity index (χ2n) is 6.10. The quantitative estimate of drug-likeness (QED) is 0.793. The lowest BCUT2D eigenvalue weighted by Crippen LogP contribution is -2.43. The Labute approximate surface area is 154 Å². The van der Waals surface area contributed by atoms with Crippen LogP contribution in [0.4, 0.5) is 5.69 Å². The van der Waals surface area contributed by atoms with Gasteiger partial charge >= 0.3 is 5.97 Å². The molecule has 1 heterocycles. The van der Waals surface area contributed by atoms with E-state index in [9.17, 15) is 14.7 Å². The fourth-order valence-corrected chi connectivity index (χ4v) is 3.40. The van der Waals surface area contributed by atoms with E-state index in [0.717, 1.165) is 17.7 Å². The number of amides is 1. The molecule has 0 fully saturated rings. The Kier molecular flexibility index (Phi) is 4.81. The van der Waals surface area contributed by atoms with Crippen LogP contribution in [0.1, 0.15) is 29.8 Å². The Morgan fingerprint density at radius 1 is 1.28 bits per heavy atom. The second-order valence-corrected chi connectivity index (χ2v) is 7.01. The number of carbonyl (C=O) groups excluding carboxylic acids is 2. The van der Waals surface area contributed by atoms with Crippen LogP contribution in [-0.4, -0.2) is 29.1 Å². The summed E-state index contributed by atoms with van der Waals surface area (Å²) in [5.74, 6) is -1.20. The molecule has 0 aromatic heterocycles. The number of benzene rings is 2. The highest BCUT2D eigenvalue weighted by Crippen LogP contribution is 2.32. The van der Waals surface area contributed by atoms with Crippen molar-refractivity contribution >= 4 is 33.5 Å². The molecular weight excluding hydrogens is 386 g/mol. The molecule has 1 N–H and O–H groups in total. The molecule has 130 valence electrons. The van der Waals surface area contributed by atoms with Crippen LogP contribution in [0.5, 0.6) is 5.75 Å². The number of carbonyl (C=O) groups is 2. The van der Waals surface area contributed by atoms with Crippen LogP contribution >= 0.6 is 15.9 Å². The highest BCUT2D eigenvalue weighted by atomic mass is 79.9. The number of para-hydroxylation sites is 1. The van der Waals surface area contributed by atoms with Crippen molar-refractivity contribution in [3.05, 3.63) is 58.1 Å². The molecule has 0 spiro atoms. The minimum Gasteiger partial charge on any atom is -0.507 e. The molecule has 2 aromatic rings. The Morgan fingerprint density at radius 2 is 2.00 bits per heavy atom. The number of rotatable bonds is 3. The van der Waals surface area contributed by atoms with Gasteiger partial charge in [0.2, 0.25) is 0 Å². The van der Waals surface area contributed by atoms with Gasteiger partial charge in [0.1, 0.15) is 11.3 Å². The SMILES string of the molecule is C[C@@H]1Cc2ccccc2N1C(=O)[C@@H](C)OC(=O)c1cc(Br)ccc1O. The van der Waals surface area contributed by atoms with Gasteiger partial charge in [-0.15, -0.1) is 0 Å². The summed E-state index contributed by atoms with van der Waals surface area (Å²) in [7, 11) is 0. The van der Waals surface area contributed by atoms with Gasteiger partial charge in [0.15, 0.2) is 6.10 Å². The number of ether oxygens (including phenoxy) is 1. The monoisotopic (exact) mass is 403 g/mol. The fourth-order valence-electron chi connectivity index (χ4n) is 3.04. The van der Waals surface area contributed by atoms with Gasteiger partial charge in [-0.2, -0.15) is 0 Å². The summed E-state index contributed by atoms with van der Waals surface area (Å²) in [5, 5.41) is 9.82. The van der Waals surface area contributed by atoms with Gasteiger partial charge in [0.25, 0.3) is 5.91 Å². The Morgan fingerprint density at radius 3 is 2.76 bits per heavy atom. The third-order valence-corrected chi connectivity index (χ3v) is 4.75. The number of hydrogen-bond acceptors (Lipinski definition) is 4. The first-order valence-electron chi connectivity index (χ1n) is 7.99. The molecule has 0 bridgehead atoms. The number of fused-ring (bicyclic) bond motifs is 1. The van der Waals surface area contributed by atoms with Gasteiger partial charge in [-0.1, -0.05) is 34.1 Å². The van der Waals surface area contributed by atoms with Crippen molar-refractivity contribution in [2.45, 2.75) is 32.4 Å². The van der Waals surface area contributed by atoms with Gasteiger partial charge in [0.05, 0.1) is 0 Å². The van der Waals surface area contributed by atoms with Crippen LogP contribution in [0.3, 0.4) is 0 Å². The number of anilines is 1. The van der Waals surface area contributed by atoms with E-state index in [1.807, 2.05) is 31.2 Å². The molecular formula is C19H18BrNO4. The van der Waals surface area contributed by atoms with E-state index in [2.05, 4.69) is 15.9 Å². The van der Waals surface area contributed by atoms with E-state index in [0.29, 0.717) is 4.47 Å². The Bertz CT molecular complexity index is 836. The zero-order chi connectivity index (χ0) is 18.1. The predicted octanol–water partition coefficient (Wildman–Crippen LogP) is 3.68. The van der Waals surface area contributed by atoms with Crippen molar-refractivity contribution in [1.29, 1.82) is 0 Å². The van der Waals surface area contributed by atoms with Gasteiger partial charge in [-0.3, -0.25) is 4.79 Å². The lowest BCUT2D eigenvalue weighted by molar-refractivity contribution is -0.126. The summed E-state index contributed by atoms with van der Waals surface area (Å²) >= 11 is 3.25. The van der Waals surface area contributed by atoms with Crippen LogP contribution < -0.4 is 4.90 Å². The summed E-state index contributed by atoms with van der Waals surface area (Å²) < 4.78 is 5.94. The fraction of sp³-hybridized carbons (Fsp3) is 0.263. The molecule has 0 unspecified atom stereocenters. The summed E-state index contributed by atoms with van der Waals surface area (Å²) in [5.41, 5.74) is 1.98. The number of phenolic OH excluding ortho intramolecular Hbond substituents is 1. The zero-order valence-electron chi connectivity index (χ0n) is 13.9. The lowest BCUT2D eigenvalue weighted by atomic mass is 10.1. The van der Waals surface area contributed by atoms with E-state index in [-0.39, 0.29) is 23.3 Å². The molecule has 2 atom stereocenters. The average molecular weight is 404 g/mol. The minimum atomic E-state index is -0.959. The standard InChI is InChI=1S/C19H18BrNO4/c1-11-9-13-5-3-4-6-16(13)21(11)18(23)12(2)25-19(24)15-10-14(20)7-8-17(15)22/h3-8,10-12,22H,9H2,1-2H3/t11-,12-/m1/s1. The number of esters is 1. The third kappa shape index (κ3) is 3.39. The molecule has 6 heteroatoms. The van der Waals surface area contributed by atoms with Crippen LogP contribution in [0.25, 0.3) is 0 Å². The predicted molar refractivity (Wildman–Crippen MR) is 97.8 cm³/mol. The molecule has 1 aliphatic heterocycles. The largest absolute Gasteiger partial charge is 0.507 e. The molecule has 2 aromatic carbocycles. The van der Waals surface area contributed by atoms with Gasteiger partial charge in [-0.05, 0) is 50.1 Å². The van der Waals surface area contributed by atoms with Crippen LogP contribution in [0, 0.1) is 0 Å². The molecule has 3 rings (SSSR count). The first kappa shape index (κ1) is 17.5. The van der Waals surface area contributed by atoms with Gasteiger partial charge in [-0.25, -0.2) is 4.79 Å². The number of hydrogen-bond donors (Lipinski definition) is 1. The molecule has 25 heavy (non-hydrogen) atoms. The van der Waals surface area contributed by atoms with Crippen LogP contribution in [0.2, 0.25) is 0 Å². The molecule has 1 amide bonds. The second kappa shape index (κ2) is 6.88. The summed E-state index contributed by atoms with van der Waals surface area (Å²) in [6.07, 6.45) is -0.186. The van der Waals surface area contributed by atoms with Gasteiger partial charge in [0, 0.05) is 16.2 Å². The normalized spacial score (nSPS) is 17.1. The molecule has 0 saturated carbocycles. The van der Waals surface area contributed by atoms with E-state index in [1.54, 1.807) is 17.9 Å². The van der Waals surface area contributed by atoms with E-state index >= 15 is 0 Å². The van der Waals surface area contributed by atoms with Crippen LogP contribution in [-0.2, 0) is 16.0 Å². The van der Waals surface area contributed by atoms with E-state index in [1.165, 1.54) is 12.1 Å². The van der Waals surface area contributed by atoms with E-state index in [4.69, 9.17) is 4.74 Å². The van der Waals surface area contributed by atoms with Crippen molar-refractivity contribution in [2.24, 2.45) is 0 Å². The Hall–Kier alpha value is -2.34. The van der Waals surface area contributed by atoms with E-state index < -0.39 is 12.1 Å². The van der Waals surface area contributed by atoms with Crippen molar-refractivity contribution in [3.63, 3.8) is 0 Å². The molecule has 0 radical (unpaired) electrons. The summed E-state index contributed by atoms with van der Waals surface area (Å²) in [4.78, 5) is 26.8. The number of phenols is 1. The first-order chi connectivity index (χ1) is 11.9. The number of nitrogens with zero attached hydrogens (tertiary/aromatic N) is 1. The highest BCUT2D eigenvalue weighted by molar-refractivity contribution is 9.10.